The molecule has 5 heteroatoms. The number of amides is 1. The molecule has 4 nitrogen and oxygen atoms in total. The number of hydrogen-bond donors (Lipinski definition) is 1. The van der Waals surface area contributed by atoms with Crippen LogP contribution in [0.3, 0.4) is 0 Å². The Morgan fingerprint density at radius 3 is 2.72 bits per heavy atom. The van der Waals surface area contributed by atoms with Crippen molar-refractivity contribution in [3.8, 4) is 0 Å². The zero-order chi connectivity index (χ0) is 17.4. The predicted octanol–water partition coefficient (Wildman–Crippen LogP) is 2.62. The van der Waals surface area contributed by atoms with Gasteiger partial charge >= 0.3 is 0 Å². The summed E-state index contributed by atoms with van der Waals surface area (Å²) in [6.07, 6.45) is 2.13. The number of benzene rings is 2. The molecule has 1 amide bonds. The smallest absolute Gasteiger partial charge is 0.270 e. The van der Waals surface area contributed by atoms with E-state index in [0.29, 0.717) is 24.4 Å². The lowest BCUT2D eigenvalue weighted by molar-refractivity contribution is -0.132. The fraction of sp³-hybridized carbons (Fsp3) is 0.200. The van der Waals surface area contributed by atoms with E-state index in [1.165, 1.54) is 41.5 Å². The molecule has 2 aliphatic rings. The molecule has 0 bridgehead atoms. The first-order chi connectivity index (χ1) is 12.1. The van der Waals surface area contributed by atoms with Crippen LogP contribution in [0.5, 0.6) is 0 Å². The van der Waals surface area contributed by atoms with Crippen LogP contribution in [0.15, 0.2) is 60.3 Å². The lowest BCUT2D eigenvalue weighted by atomic mass is 9.90. The zero-order valence-corrected chi connectivity index (χ0v) is 13.5. The Balaban J connectivity index is 1.58. The maximum atomic E-state index is 13.0. The average Bonchev–Trinajstić information content (AvgIpc) is 2.64. The van der Waals surface area contributed by atoms with Gasteiger partial charge in [-0.1, -0.05) is 24.3 Å². The van der Waals surface area contributed by atoms with Crippen LogP contribution in [0.2, 0.25) is 0 Å². The van der Waals surface area contributed by atoms with Crippen molar-refractivity contribution in [3.63, 3.8) is 0 Å². The van der Waals surface area contributed by atoms with Crippen LogP contribution in [-0.2, 0) is 11.2 Å². The lowest BCUT2D eigenvalue weighted by Gasteiger charge is -2.41. The fourth-order valence-electron chi connectivity index (χ4n) is 3.49. The van der Waals surface area contributed by atoms with E-state index >= 15 is 0 Å². The summed E-state index contributed by atoms with van der Waals surface area (Å²) >= 11 is 0. The van der Waals surface area contributed by atoms with E-state index in [2.05, 4.69) is 17.4 Å². The Morgan fingerprint density at radius 2 is 1.92 bits per heavy atom. The number of hydrogen-bond acceptors (Lipinski definition) is 3. The molecule has 0 radical (unpaired) electrons. The Hall–Kier alpha value is -2.95. The van der Waals surface area contributed by atoms with E-state index in [1.54, 1.807) is 0 Å². The highest BCUT2D eigenvalue weighted by Crippen LogP contribution is 2.32. The number of fused-ring (bicyclic) bond motifs is 3. The lowest BCUT2D eigenvalue weighted by Crippen LogP contribution is -2.51. The number of allylic oxidation sites excluding steroid dienone is 1. The van der Waals surface area contributed by atoms with Crippen LogP contribution in [0, 0.1) is 5.82 Å². The predicted molar refractivity (Wildman–Crippen MR) is 91.4 cm³/mol. The molecule has 0 saturated carbocycles. The average molecular weight is 336 g/mol. The van der Waals surface area contributed by atoms with Crippen molar-refractivity contribution in [2.45, 2.75) is 12.5 Å². The van der Waals surface area contributed by atoms with Gasteiger partial charge in [-0.05, 0) is 41.8 Å². The molecule has 2 heterocycles. The van der Waals surface area contributed by atoms with E-state index in [0.717, 1.165) is 6.42 Å². The van der Waals surface area contributed by atoms with Crippen LogP contribution in [0.4, 0.5) is 4.39 Å². The number of carbonyl (C=O) groups is 2. The van der Waals surface area contributed by atoms with E-state index in [-0.39, 0.29) is 17.7 Å². The van der Waals surface area contributed by atoms with Crippen LogP contribution >= 0.6 is 0 Å². The fourth-order valence-corrected chi connectivity index (χ4v) is 3.49. The molecule has 2 aromatic carbocycles. The van der Waals surface area contributed by atoms with Gasteiger partial charge in [0.1, 0.15) is 11.5 Å². The molecule has 1 N–H and O–H groups in total. The second-order valence-electron chi connectivity index (χ2n) is 6.27. The van der Waals surface area contributed by atoms with Gasteiger partial charge in [-0.3, -0.25) is 9.59 Å². The minimum absolute atomic E-state index is 0.00415. The quantitative estimate of drug-likeness (QED) is 0.677. The molecule has 1 saturated heterocycles. The maximum Gasteiger partial charge on any atom is 0.270 e. The van der Waals surface area contributed by atoms with Gasteiger partial charge in [0.25, 0.3) is 5.91 Å². The summed E-state index contributed by atoms with van der Waals surface area (Å²) in [5.41, 5.74) is 3.09. The van der Waals surface area contributed by atoms with Crippen LogP contribution in [0.1, 0.15) is 27.5 Å². The van der Waals surface area contributed by atoms with Crippen molar-refractivity contribution < 1.29 is 14.0 Å². The third kappa shape index (κ3) is 2.82. The van der Waals surface area contributed by atoms with Gasteiger partial charge in [-0.15, -0.1) is 0 Å². The van der Waals surface area contributed by atoms with Gasteiger partial charge in [-0.25, -0.2) is 4.39 Å². The first-order valence-corrected chi connectivity index (χ1v) is 8.28. The number of nitrogens with one attached hydrogen (secondary N) is 1. The summed E-state index contributed by atoms with van der Waals surface area (Å²) in [6.45, 7) is 1.22. The van der Waals surface area contributed by atoms with Crippen LogP contribution in [0.25, 0.3) is 0 Å². The topological polar surface area (TPSA) is 49.4 Å². The summed E-state index contributed by atoms with van der Waals surface area (Å²) in [6, 6.07) is 13.5. The van der Waals surface area contributed by atoms with Gasteiger partial charge in [0.15, 0.2) is 5.78 Å². The summed E-state index contributed by atoms with van der Waals surface area (Å²) in [5, 5.41) is 3.10. The van der Waals surface area contributed by atoms with Gasteiger partial charge < -0.3 is 10.2 Å². The molecule has 0 aliphatic carbocycles. The highest BCUT2D eigenvalue weighted by molar-refractivity contribution is 6.09. The second kappa shape index (κ2) is 6.16. The highest BCUT2D eigenvalue weighted by atomic mass is 19.1. The molecular weight excluding hydrogens is 319 g/mol. The van der Waals surface area contributed by atoms with Crippen molar-refractivity contribution in [1.29, 1.82) is 0 Å². The molecule has 4 rings (SSSR count). The SMILES string of the molecule is O=C(C=C1NC[C@@H]2c3ccccc3CCN2C1=O)c1ccc(F)cc1. The van der Waals surface area contributed by atoms with E-state index in [9.17, 15) is 14.0 Å². The second-order valence-corrected chi connectivity index (χ2v) is 6.27. The molecular formula is C20H17FN2O2. The van der Waals surface area contributed by atoms with Gasteiger partial charge in [-0.2, -0.15) is 0 Å². The zero-order valence-electron chi connectivity index (χ0n) is 13.5. The molecule has 126 valence electrons. The number of rotatable bonds is 2. The van der Waals surface area contributed by atoms with E-state index in [1.807, 2.05) is 17.0 Å². The molecule has 2 aliphatic heterocycles. The van der Waals surface area contributed by atoms with E-state index in [4.69, 9.17) is 0 Å². The first kappa shape index (κ1) is 15.6. The van der Waals surface area contributed by atoms with E-state index < -0.39 is 5.82 Å². The molecule has 1 atom stereocenters. The molecule has 0 unspecified atom stereocenters. The van der Waals surface area contributed by atoms with Gasteiger partial charge in [0.05, 0.1) is 6.04 Å². The summed E-state index contributed by atoms with van der Waals surface area (Å²) in [4.78, 5) is 26.9. The molecule has 1 fully saturated rings. The number of halogens is 1. The third-order valence-electron chi connectivity index (χ3n) is 4.79. The van der Waals surface area contributed by atoms with Crippen molar-refractivity contribution in [1.82, 2.24) is 10.2 Å². The normalized spacial score (nSPS) is 20.7. The highest BCUT2D eigenvalue weighted by Gasteiger charge is 2.36. The number of piperazine rings is 1. The Morgan fingerprint density at radius 1 is 1.16 bits per heavy atom. The Bertz CT molecular complexity index is 874. The first-order valence-electron chi connectivity index (χ1n) is 8.28. The Labute approximate surface area is 145 Å². The summed E-state index contributed by atoms with van der Waals surface area (Å²) in [7, 11) is 0. The summed E-state index contributed by atoms with van der Waals surface area (Å²) in [5.74, 6) is -0.876. The van der Waals surface area contributed by atoms with Gasteiger partial charge in [0.2, 0.25) is 0 Å². The van der Waals surface area contributed by atoms with Crippen molar-refractivity contribution in [3.05, 3.63) is 82.8 Å². The van der Waals surface area contributed by atoms with Crippen LogP contribution in [-0.4, -0.2) is 29.7 Å². The van der Waals surface area contributed by atoms with Crippen LogP contribution < -0.4 is 5.32 Å². The minimum atomic E-state index is -0.397. The molecule has 0 spiro atoms. The number of ketones is 1. The summed E-state index contributed by atoms with van der Waals surface area (Å²) < 4.78 is 13.0. The monoisotopic (exact) mass is 336 g/mol. The van der Waals surface area contributed by atoms with Crippen molar-refractivity contribution in [2.24, 2.45) is 0 Å². The largest absolute Gasteiger partial charge is 0.378 e. The standard InChI is InChI=1S/C20H17FN2O2/c21-15-7-5-14(6-8-15)19(24)11-17-20(25)23-10-9-13-3-1-2-4-16(13)18(23)12-22-17/h1-8,11,18,22H,9-10,12H2/t18-/m1/s1. The van der Waals surface area contributed by atoms with Gasteiger partial charge in [0, 0.05) is 24.7 Å². The molecule has 25 heavy (non-hydrogen) atoms. The number of carbonyl (C=O) groups excluding carboxylic acids is 2. The third-order valence-corrected chi connectivity index (χ3v) is 4.79. The van der Waals surface area contributed by atoms with Crippen molar-refractivity contribution >= 4 is 11.7 Å². The number of nitrogens with zero attached hydrogens (tertiary/aromatic N) is 1. The minimum Gasteiger partial charge on any atom is -0.378 e. The molecule has 0 aromatic heterocycles. The molecule has 2 aromatic rings. The van der Waals surface area contributed by atoms with Crippen molar-refractivity contribution in [2.75, 3.05) is 13.1 Å². The maximum absolute atomic E-state index is 13.0. The Kier molecular flexibility index (Phi) is 3.84.